The van der Waals surface area contributed by atoms with Crippen molar-refractivity contribution in [3.63, 3.8) is 0 Å². The summed E-state index contributed by atoms with van der Waals surface area (Å²) in [6.07, 6.45) is 1.66. The third kappa shape index (κ3) is 3.12. The minimum Gasteiger partial charge on any atom is -0.371 e. The first-order valence-corrected chi connectivity index (χ1v) is 12.0. The van der Waals surface area contributed by atoms with Crippen molar-refractivity contribution < 1.29 is 9.53 Å². The van der Waals surface area contributed by atoms with Crippen LogP contribution in [0.4, 0.5) is 0 Å². The summed E-state index contributed by atoms with van der Waals surface area (Å²) in [5.41, 5.74) is 0. The van der Waals surface area contributed by atoms with Crippen molar-refractivity contribution in [3.8, 4) is 0 Å². The van der Waals surface area contributed by atoms with Crippen LogP contribution < -0.4 is 0 Å². The second-order valence-corrected chi connectivity index (χ2v) is 13.8. The molecule has 0 aromatic heterocycles. The monoisotopic (exact) mass is 322 g/mol. The molecule has 21 heavy (non-hydrogen) atoms. The summed E-state index contributed by atoms with van der Waals surface area (Å²) in [5, 5.41) is 0. The minimum atomic E-state index is -1.67. The second kappa shape index (κ2) is 6.27. The van der Waals surface area contributed by atoms with Gasteiger partial charge in [0.25, 0.3) is 0 Å². The number of ether oxygens (including phenoxy) is 1. The quantitative estimate of drug-likeness (QED) is 0.450. The molecule has 0 bridgehead atoms. The number of carbonyl (C=O) groups is 1. The van der Waals surface area contributed by atoms with E-state index in [1.165, 1.54) is 4.90 Å². The molecule has 1 aliphatic rings. The van der Waals surface area contributed by atoms with Crippen LogP contribution in [-0.2, 0) is 9.53 Å². The molecular formula is C17H26O2SSi. The van der Waals surface area contributed by atoms with Crippen LogP contribution in [0.2, 0.25) is 19.6 Å². The Kier molecular flexibility index (Phi) is 5.01. The smallest absolute Gasteiger partial charge is 0.136 e. The maximum atomic E-state index is 12.1. The summed E-state index contributed by atoms with van der Waals surface area (Å²) in [4.78, 5) is 13.3. The third-order valence-electron chi connectivity index (χ3n) is 4.66. The van der Waals surface area contributed by atoms with E-state index in [1.54, 1.807) is 0 Å². The van der Waals surface area contributed by atoms with Crippen molar-refractivity contribution in [1.29, 1.82) is 0 Å². The number of rotatable bonds is 5. The molecule has 4 heteroatoms. The van der Waals surface area contributed by atoms with Crippen molar-refractivity contribution >= 4 is 25.6 Å². The van der Waals surface area contributed by atoms with Gasteiger partial charge in [0, 0.05) is 30.3 Å². The highest BCUT2D eigenvalue weighted by molar-refractivity contribution is 8.02. The summed E-state index contributed by atoms with van der Waals surface area (Å²) in [6, 6.07) is 10.4. The van der Waals surface area contributed by atoms with Gasteiger partial charge in [-0.25, -0.2) is 0 Å². The Balaban J connectivity index is 2.42. The zero-order valence-electron chi connectivity index (χ0n) is 13.7. The van der Waals surface area contributed by atoms with Crippen LogP contribution in [0.1, 0.15) is 19.8 Å². The van der Waals surface area contributed by atoms with Gasteiger partial charge in [-0.2, -0.15) is 0 Å². The molecular weight excluding hydrogens is 296 g/mol. The predicted octanol–water partition coefficient (Wildman–Crippen LogP) is 4.61. The van der Waals surface area contributed by atoms with Crippen LogP contribution >= 0.6 is 11.8 Å². The number of carbonyl (C=O) groups excluding carboxylic acids is 1. The summed E-state index contributed by atoms with van der Waals surface area (Å²) < 4.78 is 5.93. The molecule has 1 aromatic rings. The lowest BCUT2D eigenvalue weighted by Gasteiger charge is -2.47. The van der Waals surface area contributed by atoms with Crippen LogP contribution in [0.3, 0.4) is 0 Å². The lowest BCUT2D eigenvalue weighted by atomic mass is 9.98. The normalized spacial score (nSPS) is 25.9. The van der Waals surface area contributed by atoms with Gasteiger partial charge in [-0.3, -0.25) is 4.79 Å². The van der Waals surface area contributed by atoms with E-state index in [0.717, 1.165) is 6.42 Å². The molecule has 1 aromatic carbocycles. The lowest BCUT2D eigenvalue weighted by molar-refractivity contribution is -0.121. The number of Topliss-reactive ketones (excluding diaryl/α,β-unsaturated/α-hetero) is 1. The van der Waals surface area contributed by atoms with Gasteiger partial charge >= 0.3 is 0 Å². The average molecular weight is 323 g/mol. The number of hydrogen-bond acceptors (Lipinski definition) is 3. The van der Waals surface area contributed by atoms with E-state index >= 15 is 0 Å². The lowest BCUT2D eigenvalue weighted by Crippen LogP contribution is -2.57. The van der Waals surface area contributed by atoms with Gasteiger partial charge < -0.3 is 4.74 Å². The number of methoxy groups -OCH3 is 1. The largest absolute Gasteiger partial charge is 0.371 e. The minimum absolute atomic E-state index is 0.105. The van der Waals surface area contributed by atoms with Gasteiger partial charge in [-0.15, -0.1) is 0 Å². The Hall–Kier alpha value is -0.583. The molecule has 2 rings (SSSR count). The van der Waals surface area contributed by atoms with Gasteiger partial charge in [0.15, 0.2) is 0 Å². The van der Waals surface area contributed by atoms with E-state index < -0.39 is 8.07 Å². The first-order valence-electron chi connectivity index (χ1n) is 7.64. The molecule has 116 valence electrons. The predicted molar refractivity (Wildman–Crippen MR) is 92.3 cm³/mol. The number of benzene rings is 1. The fourth-order valence-corrected chi connectivity index (χ4v) is 8.36. The van der Waals surface area contributed by atoms with E-state index in [-0.39, 0.29) is 10.5 Å². The molecule has 0 spiro atoms. The van der Waals surface area contributed by atoms with Crippen molar-refractivity contribution in [1.82, 2.24) is 0 Å². The molecule has 2 nitrogen and oxygen atoms in total. The molecule has 3 unspecified atom stereocenters. The Morgan fingerprint density at radius 1 is 1.24 bits per heavy atom. The molecule has 0 aliphatic heterocycles. The molecule has 0 N–H and O–H groups in total. The average Bonchev–Trinajstić information content (AvgIpc) is 2.77. The molecule has 1 aliphatic carbocycles. The highest BCUT2D eigenvalue weighted by Crippen LogP contribution is 2.52. The van der Waals surface area contributed by atoms with Gasteiger partial charge in [-0.05, 0) is 18.6 Å². The Bertz CT molecular complexity index is 497. The summed E-state index contributed by atoms with van der Waals surface area (Å²) >= 11 is 1.83. The maximum Gasteiger partial charge on any atom is 0.136 e. The molecule has 1 fully saturated rings. The molecule has 3 atom stereocenters. The number of ketones is 1. The van der Waals surface area contributed by atoms with Gasteiger partial charge in [0.05, 0.1) is 8.07 Å². The number of thioether (sulfide) groups is 1. The third-order valence-corrected chi connectivity index (χ3v) is 10.8. The van der Waals surface area contributed by atoms with E-state index in [4.69, 9.17) is 4.74 Å². The van der Waals surface area contributed by atoms with Gasteiger partial charge in [0.2, 0.25) is 0 Å². The van der Waals surface area contributed by atoms with Crippen molar-refractivity contribution in [3.05, 3.63) is 30.3 Å². The van der Waals surface area contributed by atoms with Crippen molar-refractivity contribution in [2.75, 3.05) is 7.11 Å². The Labute approximate surface area is 133 Å². The van der Waals surface area contributed by atoms with E-state index in [2.05, 4.69) is 50.8 Å². The molecule has 0 heterocycles. The topological polar surface area (TPSA) is 26.3 Å². The van der Waals surface area contributed by atoms with Crippen LogP contribution in [0, 0.1) is 11.8 Å². The van der Waals surface area contributed by atoms with E-state index in [9.17, 15) is 4.79 Å². The fourth-order valence-electron chi connectivity index (χ4n) is 3.47. The second-order valence-electron chi connectivity index (χ2n) is 6.94. The molecule has 1 saturated carbocycles. The standard InChI is InChI=1S/C17H26O2SSi/c1-13-15(11-12-16(13)18)17(19-2,21(3,4)5)20-14-9-7-6-8-10-14/h6-10,13,15H,11-12H2,1-5H3. The molecule has 0 radical (unpaired) electrons. The van der Waals surface area contributed by atoms with Gasteiger partial charge in [0.1, 0.15) is 10.3 Å². The highest BCUT2D eigenvalue weighted by Gasteiger charge is 2.55. The summed E-state index contributed by atoms with van der Waals surface area (Å²) in [6.45, 7) is 9.13. The van der Waals surface area contributed by atoms with Crippen LogP contribution in [0.5, 0.6) is 0 Å². The molecule has 0 amide bonds. The van der Waals surface area contributed by atoms with E-state index in [1.807, 2.05) is 24.9 Å². The Morgan fingerprint density at radius 2 is 1.86 bits per heavy atom. The zero-order chi connectivity index (χ0) is 15.7. The SMILES string of the molecule is COC(Sc1ccccc1)(C1CCC(=O)C1C)[Si](C)(C)C. The van der Waals surface area contributed by atoms with Gasteiger partial charge in [-0.1, -0.05) is 56.5 Å². The van der Waals surface area contributed by atoms with Crippen LogP contribution in [-0.4, -0.2) is 25.5 Å². The van der Waals surface area contributed by atoms with Crippen molar-refractivity contribution in [2.24, 2.45) is 11.8 Å². The zero-order valence-corrected chi connectivity index (χ0v) is 15.5. The van der Waals surface area contributed by atoms with Crippen LogP contribution in [0.15, 0.2) is 35.2 Å². The first kappa shape index (κ1) is 16.8. The molecule has 0 saturated heterocycles. The first-order chi connectivity index (χ1) is 9.82. The summed E-state index contributed by atoms with van der Waals surface area (Å²) in [5.74, 6) is 0.813. The van der Waals surface area contributed by atoms with Crippen LogP contribution in [0.25, 0.3) is 0 Å². The summed E-state index contributed by atoms with van der Waals surface area (Å²) in [7, 11) is 0.156. The fraction of sp³-hybridized carbons (Fsp3) is 0.588. The highest BCUT2D eigenvalue weighted by atomic mass is 32.2. The van der Waals surface area contributed by atoms with Crippen molar-refractivity contribution in [2.45, 2.75) is 48.9 Å². The number of hydrogen-bond donors (Lipinski definition) is 0. The Morgan fingerprint density at radius 3 is 2.29 bits per heavy atom. The van der Waals surface area contributed by atoms with E-state index in [0.29, 0.717) is 18.1 Å². The maximum absolute atomic E-state index is 12.1.